The van der Waals surface area contributed by atoms with E-state index in [4.69, 9.17) is 0 Å². The monoisotopic (exact) mass is 387 g/mol. The van der Waals surface area contributed by atoms with E-state index >= 15 is 0 Å². The summed E-state index contributed by atoms with van der Waals surface area (Å²) >= 11 is 5.20. The quantitative estimate of drug-likeness (QED) is 0.567. The van der Waals surface area contributed by atoms with Gasteiger partial charge in [-0.15, -0.1) is 11.3 Å². The van der Waals surface area contributed by atoms with Gasteiger partial charge in [0.15, 0.2) is 0 Å². The summed E-state index contributed by atoms with van der Waals surface area (Å²) in [6.07, 6.45) is 6.65. The van der Waals surface area contributed by atoms with Crippen molar-refractivity contribution in [1.29, 1.82) is 0 Å². The molecule has 0 saturated heterocycles. The number of aromatic nitrogens is 4. The first-order valence-electron chi connectivity index (χ1n) is 7.33. The number of hydrogen-bond donors (Lipinski definition) is 1. The van der Waals surface area contributed by atoms with Crippen molar-refractivity contribution in [2.45, 2.75) is 19.9 Å². The largest absolute Gasteiger partial charge is 0.364 e. The van der Waals surface area contributed by atoms with Gasteiger partial charge < -0.3 is 9.72 Å². The molecule has 5 nitrogen and oxygen atoms in total. The minimum atomic E-state index is 0.628. The number of fused-ring (bicyclic) bond motifs is 2. The molecule has 0 bridgehead atoms. The number of imidazole rings is 1. The lowest BCUT2D eigenvalue weighted by molar-refractivity contribution is 1.06. The zero-order valence-electron chi connectivity index (χ0n) is 12.5. The van der Waals surface area contributed by atoms with Crippen molar-refractivity contribution in [2.24, 2.45) is 0 Å². The molecule has 0 radical (unpaired) electrons. The smallest absolute Gasteiger partial charge is 0.138 e. The van der Waals surface area contributed by atoms with Gasteiger partial charge in [-0.3, -0.25) is 0 Å². The van der Waals surface area contributed by atoms with Crippen LogP contribution in [-0.4, -0.2) is 19.4 Å². The van der Waals surface area contributed by atoms with Gasteiger partial charge in [0.25, 0.3) is 0 Å². The Labute approximate surface area is 145 Å². The van der Waals surface area contributed by atoms with E-state index in [0.29, 0.717) is 6.54 Å². The molecule has 1 N–H and O–H groups in total. The molecule has 0 saturated carbocycles. The van der Waals surface area contributed by atoms with E-state index in [0.717, 1.165) is 38.3 Å². The Morgan fingerprint density at radius 3 is 3.04 bits per heavy atom. The molecule has 4 aromatic rings. The lowest BCUT2D eigenvalue weighted by Crippen LogP contribution is -2.02. The molecule has 4 aromatic heterocycles. The van der Waals surface area contributed by atoms with Crippen LogP contribution >= 0.6 is 27.3 Å². The van der Waals surface area contributed by atoms with Gasteiger partial charge in [-0.25, -0.2) is 15.0 Å². The zero-order chi connectivity index (χ0) is 15.8. The van der Waals surface area contributed by atoms with Crippen LogP contribution in [0.1, 0.15) is 17.5 Å². The maximum atomic E-state index is 4.61. The zero-order valence-corrected chi connectivity index (χ0v) is 14.9. The highest BCUT2D eigenvalue weighted by Crippen LogP contribution is 2.28. The van der Waals surface area contributed by atoms with E-state index in [9.17, 15) is 0 Å². The molecule has 4 rings (SSSR count). The van der Waals surface area contributed by atoms with Crippen LogP contribution in [0.2, 0.25) is 0 Å². The summed E-state index contributed by atoms with van der Waals surface area (Å²) in [4.78, 5) is 15.7. The minimum Gasteiger partial charge on any atom is -0.364 e. The van der Waals surface area contributed by atoms with E-state index in [1.54, 1.807) is 17.7 Å². The van der Waals surface area contributed by atoms with Crippen LogP contribution in [-0.2, 0) is 13.0 Å². The second-order valence-electron chi connectivity index (χ2n) is 5.21. The molecule has 116 valence electrons. The van der Waals surface area contributed by atoms with Crippen LogP contribution in [0.15, 0.2) is 41.4 Å². The summed E-state index contributed by atoms with van der Waals surface area (Å²) in [5.74, 6) is 0.865. The van der Waals surface area contributed by atoms with Crippen LogP contribution in [0.5, 0.6) is 0 Å². The molecule has 23 heavy (non-hydrogen) atoms. The molecular weight excluding hydrogens is 374 g/mol. The number of rotatable bonds is 4. The van der Waals surface area contributed by atoms with Gasteiger partial charge in [-0.05, 0) is 40.5 Å². The summed E-state index contributed by atoms with van der Waals surface area (Å²) in [5.41, 5.74) is 1.91. The number of thiophene rings is 1. The molecule has 0 aliphatic carbocycles. The summed E-state index contributed by atoms with van der Waals surface area (Å²) in [5, 5.41) is 4.47. The number of aryl methyl sites for hydroxylation is 1. The number of nitrogens with one attached hydrogen (secondary N) is 1. The van der Waals surface area contributed by atoms with Crippen LogP contribution < -0.4 is 5.32 Å². The van der Waals surface area contributed by atoms with Crippen molar-refractivity contribution >= 4 is 48.9 Å². The third-order valence-corrected chi connectivity index (χ3v) is 5.29. The Kier molecular flexibility index (Phi) is 3.74. The predicted molar refractivity (Wildman–Crippen MR) is 97.0 cm³/mol. The summed E-state index contributed by atoms with van der Waals surface area (Å²) in [6.45, 7) is 2.78. The highest BCUT2D eigenvalue weighted by atomic mass is 79.9. The minimum absolute atomic E-state index is 0.628. The van der Waals surface area contributed by atoms with Crippen LogP contribution in [0.3, 0.4) is 0 Å². The molecular formula is C16H14BrN5S. The maximum absolute atomic E-state index is 4.61. The number of halogens is 1. The summed E-state index contributed by atoms with van der Waals surface area (Å²) in [6, 6.07) is 6.15. The van der Waals surface area contributed by atoms with Crippen molar-refractivity contribution < 1.29 is 0 Å². The second kappa shape index (κ2) is 5.90. The Hall–Kier alpha value is -1.99. The molecule has 0 spiro atoms. The molecule has 7 heteroatoms. The molecule has 0 aromatic carbocycles. The summed E-state index contributed by atoms with van der Waals surface area (Å²) in [7, 11) is 0. The Balaban J connectivity index is 1.61. The third-order valence-electron chi connectivity index (χ3n) is 3.63. The van der Waals surface area contributed by atoms with Crippen LogP contribution in [0.25, 0.3) is 15.9 Å². The Morgan fingerprint density at radius 2 is 2.17 bits per heavy atom. The molecule has 0 aliphatic heterocycles. The fraction of sp³-hybridized carbons (Fsp3) is 0.188. The third kappa shape index (κ3) is 2.82. The standard InChI is InChI=1S/C16H14BrN5S/c1-2-12-5-13-15(19-9-20-16(13)23-12)18-6-11-8-22-7-10(17)3-4-14(22)21-11/h3-5,7-9H,2,6H2,1H3,(H,18,19,20). The van der Waals surface area contributed by atoms with Crippen molar-refractivity contribution in [3.05, 3.63) is 52.0 Å². The van der Waals surface area contributed by atoms with Gasteiger partial charge in [-0.2, -0.15) is 0 Å². The van der Waals surface area contributed by atoms with Crippen molar-refractivity contribution in [3.8, 4) is 0 Å². The number of nitrogens with zero attached hydrogens (tertiary/aromatic N) is 4. The maximum Gasteiger partial charge on any atom is 0.138 e. The number of pyridine rings is 1. The van der Waals surface area contributed by atoms with E-state index in [1.807, 2.05) is 28.9 Å². The van der Waals surface area contributed by atoms with Gasteiger partial charge in [0.2, 0.25) is 0 Å². The first kappa shape index (κ1) is 14.6. The molecule has 4 heterocycles. The van der Waals surface area contributed by atoms with Crippen LogP contribution in [0.4, 0.5) is 5.82 Å². The van der Waals surface area contributed by atoms with E-state index in [1.165, 1.54) is 4.88 Å². The molecule has 0 amide bonds. The van der Waals surface area contributed by atoms with Crippen molar-refractivity contribution in [3.63, 3.8) is 0 Å². The second-order valence-corrected chi connectivity index (χ2v) is 7.24. The molecule has 0 fully saturated rings. The Morgan fingerprint density at radius 1 is 1.26 bits per heavy atom. The first-order chi connectivity index (χ1) is 11.2. The highest BCUT2D eigenvalue weighted by molar-refractivity contribution is 9.10. The number of anilines is 1. The molecule has 0 unspecified atom stereocenters. The van der Waals surface area contributed by atoms with Gasteiger partial charge in [-0.1, -0.05) is 6.92 Å². The van der Waals surface area contributed by atoms with Crippen molar-refractivity contribution in [2.75, 3.05) is 5.32 Å². The van der Waals surface area contributed by atoms with Crippen LogP contribution in [0, 0.1) is 0 Å². The Bertz CT molecular complexity index is 991. The average Bonchev–Trinajstić information content (AvgIpc) is 3.15. The fourth-order valence-electron chi connectivity index (χ4n) is 2.50. The summed E-state index contributed by atoms with van der Waals surface area (Å²) < 4.78 is 3.04. The van der Waals surface area contributed by atoms with Gasteiger partial charge in [0.1, 0.15) is 22.6 Å². The molecule has 0 aliphatic rings. The normalized spacial score (nSPS) is 11.4. The first-order valence-corrected chi connectivity index (χ1v) is 8.94. The topological polar surface area (TPSA) is 55.1 Å². The van der Waals surface area contributed by atoms with Gasteiger partial charge >= 0.3 is 0 Å². The molecule has 0 atom stereocenters. The lowest BCUT2D eigenvalue weighted by Gasteiger charge is -2.03. The van der Waals surface area contributed by atoms with E-state index < -0.39 is 0 Å². The van der Waals surface area contributed by atoms with Crippen molar-refractivity contribution in [1.82, 2.24) is 19.4 Å². The fourth-order valence-corrected chi connectivity index (χ4v) is 3.78. The highest BCUT2D eigenvalue weighted by Gasteiger charge is 2.09. The number of hydrogen-bond acceptors (Lipinski definition) is 5. The SMILES string of the molecule is CCc1cc2c(NCc3cn4cc(Br)ccc4n3)ncnc2s1. The average molecular weight is 388 g/mol. The predicted octanol–water partition coefficient (Wildman–Crippen LogP) is 4.28. The lowest BCUT2D eigenvalue weighted by atomic mass is 10.3. The van der Waals surface area contributed by atoms with Gasteiger partial charge in [0.05, 0.1) is 17.6 Å². The van der Waals surface area contributed by atoms with E-state index in [2.05, 4.69) is 49.2 Å². The van der Waals surface area contributed by atoms with Gasteiger partial charge in [0, 0.05) is 21.7 Å². The van der Waals surface area contributed by atoms with E-state index in [-0.39, 0.29) is 0 Å².